The number of phenols is 1. The van der Waals surface area contributed by atoms with Crippen molar-refractivity contribution in [3.05, 3.63) is 72.8 Å². The average molecular weight is 331 g/mol. The van der Waals surface area contributed by atoms with E-state index in [9.17, 15) is 9.90 Å². The molecule has 0 aliphatic rings. The Balaban J connectivity index is 1.84. The number of carbonyl (C=O) groups excluding carboxylic acids is 1. The third-order valence-electron chi connectivity index (χ3n) is 3.66. The summed E-state index contributed by atoms with van der Waals surface area (Å²) in [6, 6.07) is 18.0. The molecule has 0 atom stereocenters. The summed E-state index contributed by atoms with van der Waals surface area (Å²) in [6.45, 7) is 5.24. The maximum Gasteiger partial charge on any atom is 0.250 e. The molecule has 3 aromatic rings. The monoisotopic (exact) mass is 331 g/mol. The summed E-state index contributed by atoms with van der Waals surface area (Å²) in [5.74, 6) is -0.150. The van der Waals surface area contributed by atoms with E-state index in [1.54, 1.807) is 37.3 Å². The van der Waals surface area contributed by atoms with Crippen LogP contribution in [-0.2, 0) is 4.79 Å². The number of aromatic hydroxyl groups is 1. The van der Waals surface area contributed by atoms with E-state index in [2.05, 4.69) is 22.1 Å². The minimum atomic E-state index is -0.227. The summed E-state index contributed by atoms with van der Waals surface area (Å²) in [5, 5.41) is 23.0. The predicted molar refractivity (Wildman–Crippen MR) is 99.7 cm³/mol. The fourth-order valence-electron chi connectivity index (χ4n) is 2.31. The third kappa shape index (κ3) is 3.72. The second-order valence-corrected chi connectivity index (χ2v) is 5.64. The third-order valence-corrected chi connectivity index (χ3v) is 3.66. The van der Waals surface area contributed by atoms with Crippen LogP contribution >= 0.6 is 0 Å². The Kier molecular flexibility index (Phi) is 4.57. The summed E-state index contributed by atoms with van der Waals surface area (Å²) in [6.07, 6.45) is 0. The van der Waals surface area contributed by atoms with Crippen LogP contribution in [0.4, 0.5) is 17.1 Å². The Labute approximate surface area is 145 Å². The van der Waals surface area contributed by atoms with Crippen LogP contribution in [0.3, 0.4) is 0 Å². The predicted octanol–water partition coefficient (Wildman–Crippen LogP) is 5.48. The Morgan fingerprint density at radius 1 is 1.00 bits per heavy atom. The van der Waals surface area contributed by atoms with Crippen LogP contribution < -0.4 is 5.32 Å². The largest absolute Gasteiger partial charge is 0.506 e. The van der Waals surface area contributed by atoms with E-state index in [0.717, 1.165) is 10.8 Å². The molecule has 1 amide bonds. The van der Waals surface area contributed by atoms with Crippen molar-refractivity contribution < 1.29 is 9.90 Å². The molecule has 0 fully saturated rings. The molecule has 0 saturated heterocycles. The lowest BCUT2D eigenvalue weighted by Gasteiger charge is -2.05. The van der Waals surface area contributed by atoms with Gasteiger partial charge < -0.3 is 10.4 Å². The fourth-order valence-corrected chi connectivity index (χ4v) is 2.31. The molecule has 2 N–H and O–H groups in total. The van der Waals surface area contributed by atoms with Crippen LogP contribution in [0.15, 0.2) is 83.0 Å². The lowest BCUT2D eigenvalue weighted by molar-refractivity contribution is -0.112. The molecule has 0 aliphatic heterocycles. The van der Waals surface area contributed by atoms with E-state index in [4.69, 9.17) is 0 Å². The second kappa shape index (κ2) is 6.97. The van der Waals surface area contributed by atoms with E-state index < -0.39 is 0 Å². The molecule has 0 saturated carbocycles. The van der Waals surface area contributed by atoms with Crippen molar-refractivity contribution >= 4 is 33.7 Å². The highest BCUT2D eigenvalue weighted by atomic mass is 16.3. The van der Waals surface area contributed by atoms with E-state index >= 15 is 0 Å². The maximum atomic E-state index is 11.6. The lowest BCUT2D eigenvalue weighted by Crippen LogP contribution is -2.11. The van der Waals surface area contributed by atoms with Crippen LogP contribution in [0.1, 0.15) is 6.92 Å². The van der Waals surface area contributed by atoms with E-state index in [-0.39, 0.29) is 11.7 Å². The molecule has 124 valence electrons. The van der Waals surface area contributed by atoms with Crippen molar-refractivity contribution in [2.75, 3.05) is 5.32 Å². The van der Waals surface area contributed by atoms with Crippen molar-refractivity contribution in [3.63, 3.8) is 0 Å². The molecular weight excluding hydrogens is 314 g/mol. The molecule has 0 aromatic heterocycles. The van der Waals surface area contributed by atoms with Gasteiger partial charge in [0.05, 0.1) is 5.69 Å². The van der Waals surface area contributed by atoms with E-state index in [1.165, 1.54) is 0 Å². The number of benzene rings is 3. The molecule has 25 heavy (non-hydrogen) atoms. The molecule has 0 unspecified atom stereocenters. The van der Waals surface area contributed by atoms with Gasteiger partial charge in [-0.3, -0.25) is 4.79 Å². The van der Waals surface area contributed by atoms with Crippen LogP contribution in [0.5, 0.6) is 5.75 Å². The number of nitrogens with one attached hydrogen (secondary N) is 1. The quantitative estimate of drug-likeness (QED) is 0.491. The second-order valence-electron chi connectivity index (χ2n) is 5.64. The molecule has 3 rings (SSSR count). The Hall–Kier alpha value is -3.47. The maximum absolute atomic E-state index is 11.6. The summed E-state index contributed by atoms with van der Waals surface area (Å²) in [7, 11) is 0. The van der Waals surface area contributed by atoms with Crippen molar-refractivity contribution in [1.29, 1.82) is 0 Å². The van der Waals surface area contributed by atoms with Crippen LogP contribution in [0.25, 0.3) is 10.8 Å². The van der Waals surface area contributed by atoms with Gasteiger partial charge in [-0.2, -0.15) is 5.11 Å². The SMILES string of the molecule is C=C(C)C(=O)Nc1ccc(N=Nc2c(O)ccc3ccccc23)cc1. The first-order valence-electron chi connectivity index (χ1n) is 7.74. The number of carbonyl (C=O) groups is 1. The van der Waals surface area contributed by atoms with Gasteiger partial charge in [0, 0.05) is 16.6 Å². The van der Waals surface area contributed by atoms with Gasteiger partial charge in [0.1, 0.15) is 11.4 Å². The van der Waals surface area contributed by atoms with Gasteiger partial charge >= 0.3 is 0 Å². The van der Waals surface area contributed by atoms with Crippen LogP contribution in [0, 0.1) is 0 Å². The summed E-state index contributed by atoms with van der Waals surface area (Å²) < 4.78 is 0. The minimum absolute atomic E-state index is 0.0767. The zero-order valence-corrected chi connectivity index (χ0v) is 13.7. The fraction of sp³-hybridized carbons (Fsp3) is 0.0500. The highest BCUT2D eigenvalue weighted by Crippen LogP contribution is 2.35. The number of phenolic OH excluding ortho intramolecular Hbond substituents is 1. The Morgan fingerprint density at radius 2 is 1.72 bits per heavy atom. The summed E-state index contributed by atoms with van der Waals surface area (Å²) in [4.78, 5) is 11.6. The smallest absolute Gasteiger partial charge is 0.250 e. The van der Waals surface area contributed by atoms with Gasteiger partial charge in [0.15, 0.2) is 0 Å². The number of fused-ring (bicyclic) bond motifs is 1. The first-order valence-corrected chi connectivity index (χ1v) is 7.74. The summed E-state index contributed by atoms with van der Waals surface area (Å²) in [5.41, 5.74) is 2.13. The van der Waals surface area contributed by atoms with Crippen molar-refractivity contribution in [1.82, 2.24) is 0 Å². The minimum Gasteiger partial charge on any atom is -0.506 e. The molecule has 3 aromatic carbocycles. The van der Waals surface area contributed by atoms with E-state index in [0.29, 0.717) is 22.6 Å². The highest BCUT2D eigenvalue weighted by molar-refractivity contribution is 6.02. The molecule has 5 heteroatoms. The first-order chi connectivity index (χ1) is 12.0. The van der Waals surface area contributed by atoms with Crippen LogP contribution in [0.2, 0.25) is 0 Å². The lowest BCUT2D eigenvalue weighted by atomic mass is 10.1. The molecule has 0 bridgehead atoms. The molecule has 0 heterocycles. The number of hydrogen-bond acceptors (Lipinski definition) is 4. The first kappa shape index (κ1) is 16.4. The van der Waals surface area contributed by atoms with Gasteiger partial charge in [-0.05, 0) is 42.6 Å². The molecule has 0 radical (unpaired) electrons. The molecule has 0 aliphatic carbocycles. The Bertz CT molecular complexity index is 976. The number of azo groups is 1. The van der Waals surface area contributed by atoms with Gasteiger partial charge in [-0.15, -0.1) is 5.11 Å². The van der Waals surface area contributed by atoms with Gasteiger partial charge in [0.2, 0.25) is 0 Å². The van der Waals surface area contributed by atoms with Crippen molar-refractivity contribution in [2.45, 2.75) is 6.92 Å². The number of hydrogen-bond donors (Lipinski definition) is 2. The highest BCUT2D eigenvalue weighted by Gasteiger charge is 2.06. The van der Waals surface area contributed by atoms with Gasteiger partial charge in [-0.25, -0.2) is 0 Å². The number of anilines is 1. The zero-order valence-electron chi connectivity index (χ0n) is 13.7. The number of rotatable bonds is 4. The molecule has 0 spiro atoms. The Morgan fingerprint density at radius 3 is 2.44 bits per heavy atom. The van der Waals surface area contributed by atoms with Gasteiger partial charge in [0.25, 0.3) is 5.91 Å². The van der Waals surface area contributed by atoms with Crippen molar-refractivity contribution in [2.24, 2.45) is 10.2 Å². The standard InChI is InChI=1S/C20H17N3O2/c1-13(2)20(25)21-15-8-10-16(11-9-15)22-23-19-17-6-4-3-5-14(17)7-12-18(19)24/h3-12,24H,1H2,2H3,(H,21,25). The van der Waals surface area contributed by atoms with Crippen molar-refractivity contribution in [3.8, 4) is 5.75 Å². The molecular formula is C20H17N3O2. The zero-order chi connectivity index (χ0) is 17.8. The summed E-state index contributed by atoms with van der Waals surface area (Å²) >= 11 is 0. The molecule has 5 nitrogen and oxygen atoms in total. The number of amides is 1. The topological polar surface area (TPSA) is 74.0 Å². The van der Waals surface area contributed by atoms with Crippen LogP contribution in [-0.4, -0.2) is 11.0 Å². The van der Waals surface area contributed by atoms with E-state index in [1.807, 2.05) is 30.3 Å². The average Bonchev–Trinajstić information content (AvgIpc) is 2.62. The normalized spacial score (nSPS) is 10.9. The van der Waals surface area contributed by atoms with Gasteiger partial charge in [-0.1, -0.05) is 36.9 Å². The number of nitrogens with zero attached hydrogens (tertiary/aromatic N) is 2.